The van der Waals surface area contributed by atoms with Crippen molar-refractivity contribution < 1.29 is 22.5 Å². The Kier molecular flexibility index (Phi) is 6.52. The Balaban J connectivity index is 1.43. The van der Waals surface area contributed by atoms with Crippen LogP contribution in [-0.4, -0.2) is 64.4 Å². The van der Waals surface area contributed by atoms with Crippen LogP contribution in [0, 0.1) is 17.8 Å². The van der Waals surface area contributed by atoms with Gasteiger partial charge in [-0.1, -0.05) is 11.8 Å². The van der Waals surface area contributed by atoms with Gasteiger partial charge in [-0.25, -0.2) is 9.97 Å². The smallest absolute Gasteiger partial charge is 0.335 e. The van der Waals surface area contributed by atoms with Crippen molar-refractivity contribution in [2.45, 2.75) is 50.5 Å². The third kappa shape index (κ3) is 5.49. The maximum atomic E-state index is 13.0. The molecule has 32 heavy (non-hydrogen) atoms. The molecule has 0 spiro atoms. The molecule has 0 saturated heterocycles. The van der Waals surface area contributed by atoms with Crippen molar-refractivity contribution in [2.75, 3.05) is 12.4 Å². The number of aliphatic hydroxyl groups is 1. The van der Waals surface area contributed by atoms with Gasteiger partial charge in [0.05, 0.1) is 11.7 Å². The maximum absolute atomic E-state index is 13.0. The first kappa shape index (κ1) is 22.3. The van der Waals surface area contributed by atoms with E-state index >= 15 is 0 Å². The molecule has 0 amide bonds. The fraction of sp³-hybridized carbons (Fsp3) is 0.500. The van der Waals surface area contributed by atoms with Crippen LogP contribution in [0.5, 0.6) is 0 Å². The largest absolute Gasteiger partial charge is 0.390 e. The summed E-state index contributed by atoms with van der Waals surface area (Å²) in [4.78, 5) is 21.1. The molecule has 2 aromatic heterocycles. The van der Waals surface area contributed by atoms with Gasteiger partial charge in [-0.15, -0.1) is 0 Å². The van der Waals surface area contributed by atoms with E-state index in [0.717, 1.165) is 12.8 Å². The monoisotopic (exact) mass is 460 g/mol. The highest BCUT2D eigenvalue weighted by atomic mass is 32.2. The number of ketones is 1. The number of carbonyl (C=O) groups excluding carboxylic acids is 1. The van der Waals surface area contributed by atoms with Crippen molar-refractivity contribution in [3.63, 3.8) is 0 Å². The molecule has 3 atom stereocenters. The van der Waals surface area contributed by atoms with E-state index in [1.54, 1.807) is 16.9 Å². The van der Waals surface area contributed by atoms with Crippen LogP contribution in [0.15, 0.2) is 24.8 Å². The first-order chi connectivity index (χ1) is 15.3. The molecular weight excluding hydrogens is 436 g/mol. The van der Waals surface area contributed by atoms with Crippen LogP contribution in [0.3, 0.4) is 0 Å². The number of hydrogen-bond donors (Lipinski definition) is 3. The predicted octanol–water partition coefficient (Wildman–Crippen LogP) is 0.102. The summed E-state index contributed by atoms with van der Waals surface area (Å²) in [6.07, 6.45) is 5.26. The number of anilines is 1. The van der Waals surface area contributed by atoms with E-state index in [1.165, 1.54) is 19.6 Å². The summed E-state index contributed by atoms with van der Waals surface area (Å²) in [5.74, 6) is 6.64. The Bertz CT molecular complexity index is 1150. The molecule has 0 aromatic carbocycles. The van der Waals surface area contributed by atoms with E-state index in [9.17, 15) is 18.3 Å². The second-order valence-corrected chi connectivity index (χ2v) is 9.29. The minimum Gasteiger partial charge on any atom is -0.390 e. The van der Waals surface area contributed by atoms with Crippen molar-refractivity contribution in [1.82, 2.24) is 24.5 Å². The second-order valence-electron chi connectivity index (χ2n) is 7.78. The molecular formula is C20H24N6O5S. The molecule has 170 valence electrons. The molecule has 3 N–H and O–H groups in total. The number of nitrogens with zero attached hydrogens (tertiary/aromatic N) is 4. The first-order valence-corrected chi connectivity index (χ1v) is 11.7. The Morgan fingerprint density at radius 3 is 2.94 bits per heavy atom. The third-order valence-electron chi connectivity index (χ3n) is 5.27. The molecule has 2 aliphatic rings. The van der Waals surface area contributed by atoms with Crippen LogP contribution in [-0.2, 0) is 21.0 Å². The van der Waals surface area contributed by atoms with Crippen LogP contribution >= 0.6 is 0 Å². The zero-order valence-electron chi connectivity index (χ0n) is 17.4. The summed E-state index contributed by atoms with van der Waals surface area (Å²) < 4.78 is 31.9. The van der Waals surface area contributed by atoms with Crippen molar-refractivity contribution >= 4 is 21.9 Å². The van der Waals surface area contributed by atoms with Crippen LogP contribution in [0.1, 0.15) is 41.7 Å². The van der Waals surface area contributed by atoms with E-state index < -0.39 is 22.5 Å². The zero-order valence-corrected chi connectivity index (χ0v) is 18.2. The third-order valence-corrected chi connectivity index (χ3v) is 6.27. The van der Waals surface area contributed by atoms with E-state index in [0.29, 0.717) is 12.5 Å². The van der Waals surface area contributed by atoms with Gasteiger partial charge >= 0.3 is 10.3 Å². The van der Waals surface area contributed by atoms with Crippen LogP contribution < -0.4 is 10.0 Å². The number of carbonyl (C=O) groups is 1. The molecule has 4 rings (SSSR count). The standard InChI is InChI=1S/C20H24N6O5S/c1-21-32(29,30)31-18-10-14(9-17(18)27)24-20-15(11-22-12-23-20)19(28)16-6-8-26(25-16)7-2-3-13-4-5-13/h6,8,11-14,17-18,21,27H,4-5,7,9-10H2,1H3,(H,22,23,24)/t14-,17+,18-/m1/s1. The highest BCUT2D eigenvalue weighted by Gasteiger charge is 2.37. The average Bonchev–Trinajstić information content (AvgIpc) is 3.37. The Morgan fingerprint density at radius 2 is 2.19 bits per heavy atom. The lowest BCUT2D eigenvalue weighted by molar-refractivity contribution is 0.0636. The average molecular weight is 461 g/mol. The van der Waals surface area contributed by atoms with Crippen molar-refractivity contribution in [3.8, 4) is 11.8 Å². The molecule has 0 bridgehead atoms. The summed E-state index contributed by atoms with van der Waals surface area (Å²) in [5, 5.41) is 17.6. The minimum atomic E-state index is -3.93. The predicted molar refractivity (Wildman–Crippen MR) is 114 cm³/mol. The van der Waals surface area contributed by atoms with E-state index in [2.05, 4.69) is 36.9 Å². The highest BCUT2D eigenvalue weighted by molar-refractivity contribution is 7.84. The molecule has 12 heteroatoms. The first-order valence-electron chi connectivity index (χ1n) is 10.3. The van der Waals surface area contributed by atoms with Gasteiger partial charge in [0.2, 0.25) is 5.78 Å². The fourth-order valence-electron chi connectivity index (χ4n) is 3.42. The van der Waals surface area contributed by atoms with Crippen LogP contribution in [0.25, 0.3) is 0 Å². The summed E-state index contributed by atoms with van der Waals surface area (Å²) in [6, 6.07) is 1.27. The SMILES string of the molecule is CNS(=O)(=O)O[C@@H]1C[C@H](Nc2ncncc2C(=O)c2ccn(CC#CC3CC3)n2)C[C@@H]1O. The lowest BCUT2D eigenvalue weighted by Crippen LogP contribution is -2.31. The zero-order chi connectivity index (χ0) is 22.7. The van der Waals surface area contributed by atoms with Crippen LogP contribution in [0.4, 0.5) is 5.82 Å². The fourth-order valence-corrected chi connectivity index (χ4v) is 4.05. The Hall–Kier alpha value is -2.85. The van der Waals surface area contributed by atoms with Gasteiger partial charge in [-0.2, -0.15) is 18.2 Å². The quantitative estimate of drug-likeness (QED) is 0.368. The van der Waals surface area contributed by atoms with Gasteiger partial charge in [-0.05, 0) is 31.7 Å². The molecule has 0 radical (unpaired) electrons. The van der Waals surface area contributed by atoms with Gasteiger partial charge in [0.25, 0.3) is 0 Å². The lowest BCUT2D eigenvalue weighted by Gasteiger charge is -2.15. The molecule has 11 nitrogen and oxygen atoms in total. The molecule has 2 fully saturated rings. The Morgan fingerprint density at radius 1 is 1.38 bits per heavy atom. The Labute approximate surface area is 185 Å². The summed E-state index contributed by atoms with van der Waals surface area (Å²) in [6.45, 7) is 0.414. The van der Waals surface area contributed by atoms with Crippen LogP contribution in [0.2, 0.25) is 0 Å². The molecule has 2 heterocycles. The maximum Gasteiger partial charge on any atom is 0.335 e. The van der Waals surface area contributed by atoms with Crippen molar-refractivity contribution in [2.24, 2.45) is 5.92 Å². The highest BCUT2D eigenvalue weighted by Crippen LogP contribution is 2.28. The van der Waals surface area contributed by atoms with Gasteiger partial charge in [0, 0.05) is 31.4 Å². The van der Waals surface area contributed by atoms with Gasteiger partial charge in [0.1, 0.15) is 30.5 Å². The number of hydrogen-bond acceptors (Lipinski definition) is 9. The number of rotatable bonds is 8. The van der Waals surface area contributed by atoms with Gasteiger partial charge < -0.3 is 10.4 Å². The topological polar surface area (TPSA) is 148 Å². The summed E-state index contributed by atoms with van der Waals surface area (Å²) >= 11 is 0. The van der Waals surface area contributed by atoms with Gasteiger partial charge in [-0.3, -0.25) is 13.7 Å². The molecule has 2 saturated carbocycles. The summed E-state index contributed by atoms with van der Waals surface area (Å²) in [7, 11) is -2.70. The normalized spacial score (nSPS) is 22.9. The molecule has 0 unspecified atom stereocenters. The molecule has 0 aliphatic heterocycles. The number of nitrogens with one attached hydrogen (secondary N) is 2. The van der Waals surface area contributed by atoms with Crippen molar-refractivity contribution in [1.29, 1.82) is 0 Å². The lowest BCUT2D eigenvalue weighted by atomic mass is 10.1. The van der Waals surface area contributed by atoms with E-state index in [1.807, 2.05) is 0 Å². The second kappa shape index (κ2) is 9.33. The summed E-state index contributed by atoms with van der Waals surface area (Å²) in [5.41, 5.74) is 0.465. The number of aliphatic hydroxyl groups excluding tert-OH is 1. The van der Waals surface area contributed by atoms with E-state index in [-0.39, 0.29) is 41.7 Å². The molecule has 2 aromatic rings. The number of aromatic nitrogens is 4. The van der Waals surface area contributed by atoms with Gasteiger partial charge in [0.15, 0.2) is 0 Å². The van der Waals surface area contributed by atoms with E-state index in [4.69, 9.17) is 4.18 Å². The molecule has 2 aliphatic carbocycles. The van der Waals surface area contributed by atoms with Crippen molar-refractivity contribution in [3.05, 3.63) is 36.0 Å². The minimum absolute atomic E-state index is 0.216.